The van der Waals surface area contributed by atoms with E-state index in [1.165, 1.54) is 6.07 Å². The Morgan fingerprint density at radius 3 is 2.44 bits per heavy atom. The highest BCUT2D eigenvalue weighted by molar-refractivity contribution is 5.94. The maximum atomic E-state index is 13.0. The summed E-state index contributed by atoms with van der Waals surface area (Å²) in [6.45, 7) is 0. The Bertz CT molecular complexity index is 478. The number of amides is 1. The van der Waals surface area contributed by atoms with Gasteiger partial charge in [-0.1, -0.05) is 0 Å². The summed E-state index contributed by atoms with van der Waals surface area (Å²) >= 11 is 0. The molecule has 1 saturated carbocycles. The van der Waals surface area contributed by atoms with E-state index in [-0.39, 0.29) is 17.4 Å². The van der Waals surface area contributed by atoms with E-state index < -0.39 is 17.5 Å². The fourth-order valence-electron chi connectivity index (χ4n) is 1.99. The molecule has 0 radical (unpaired) electrons. The number of halogens is 2. The lowest BCUT2D eigenvalue weighted by molar-refractivity contribution is -0.120. The van der Waals surface area contributed by atoms with Gasteiger partial charge in [0.15, 0.2) is 11.6 Å². The summed E-state index contributed by atoms with van der Waals surface area (Å²) in [7, 11) is 0. The fraction of sp³-hybridized carbons (Fsp3) is 0.385. The molecule has 0 heterocycles. The van der Waals surface area contributed by atoms with Crippen LogP contribution in [0.1, 0.15) is 36.0 Å². The van der Waals surface area contributed by atoms with Gasteiger partial charge in [0, 0.05) is 24.4 Å². The van der Waals surface area contributed by atoms with Crippen molar-refractivity contribution in [1.29, 1.82) is 0 Å². The number of hydrogen-bond donors (Lipinski definition) is 1. The summed E-state index contributed by atoms with van der Waals surface area (Å²) in [5.74, 6) is -2.25. The molecule has 0 aromatic heterocycles. The van der Waals surface area contributed by atoms with Crippen LogP contribution in [-0.2, 0) is 4.79 Å². The Morgan fingerprint density at radius 1 is 1.17 bits per heavy atom. The van der Waals surface area contributed by atoms with Crippen LogP contribution >= 0.6 is 0 Å². The van der Waals surface area contributed by atoms with Crippen molar-refractivity contribution >= 4 is 11.7 Å². The highest BCUT2D eigenvalue weighted by Gasteiger charge is 2.21. The second kappa shape index (κ2) is 5.25. The molecule has 1 aromatic rings. The monoisotopic (exact) mass is 253 g/mol. The molecule has 0 bridgehead atoms. The SMILES string of the molecule is O=C1CCC(NC(=O)c2ccc(F)c(F)c2)CC1. The Hall–Kier alpha value is -1.78. The number of hydrogen-bond acceptors (Lipinski definition) is 2. The van der Waals surface area contributed by atoms with Crippen LogP contribution in [0.25, 0.3) is 0 Å². The standard InChI is InChI=1S/C13H13F2NO2/c14-11-6-1-8(7-12(11)15)13(18)16-9-2-4-10(17)5-3-9/h1,6-7,9H,2-5H2,(H,16,18). The van der Waals surface area contributed by atoms with Crippen LogP contribution in [-0.4, -0.2) is 17.7 Å². The molecule has 1 aliphatic carbocycles. The number of ketones is 1. The van der Waals surface area contributed by atoms with Gasteiger partial charge in [-0.25, -0.2) is 8.78 Å². The van der Waals surface area contributed by atoms with Gasteiger partial charge >= 0.3 is 0 Å². The second-order valence-electron chi connectivity index (χ2n) is 4.42. The minimum absolute atomic E-state index is 0.0664. The normalized spacial score (nSPS) is 16.7. The van der Waals surface area contributed by atoms with Gasteiger partial charge in [0.1, 0.15) is 5.78 Å². The highest BCUT2D eigenvalue weighted by Crippen LogP contribution is 2.16. The molecule has 96 valence electrons. The summed E-state index contributed by atoms with van der Waals surface area (Å²) < 4.78 is 25.7. The Morgan fingerprint density at radius 2 is 1.83 bits per heavy atom. The maximum absolute atomic E-state index is 13.0. The third-order valence-corrected chi connectivity index (χ3v) is 3.06. The highest BCUT2D eigenvalue weighted by atomic mass is 19.2. The molecular weight excluding hydrogens is 240 g/mol. The number of benzene rings is 1. The predicted octanol–water partition coefficient (Wildman–Crippen LogP) is 2.21. The number of Topliss-reactive ketones (excluding diaryl/α,β-unsaturated/α-hetero) is 1. The van der Waals surface area contributed by atoms with E-state index in [0.717, 1.165) is 12.1 Å². The lowest BCUT2D eigenvalue weighted by Crippen LogP contribution is -2.37. The summed E-state index contributed by atoms with van der Waals surface area (Å²) in [6, 6.07) is 2.97. The molecule has 0 unspecified atom stereocenters. The van der Waals surface area contributed by atoms with Crippen molar-refractivity contribution in [3.8, 4) is 0 Å². The molecule has 1 aliphatic rings. The van der Waals surface area contributed by atoms with Crippen molar-refractivity contribution in [3.05, 3.63) is 35.4 Å². The Balaban J connectivity index is 1.99. The van der Waals surface area contributed by atoms with E-state index in [0.29, 0.717) is 25.7 Å². The van der Waals surface area contributed by atoms with Crippen molar-refractivity contribution in [2.75, 3.05) is 0 Å². The molecule has 1 N–H and O–H groups in total. The average molecular weight is 253 g/mol. The molecule has 3 nitrogen and oxygen atoms in total. The molecule has 0 atom stereocenters. The lowest BCUT2D eigenvalue weighted by Gasteiger charge is -2.22. The van der Waals surface area contributed by atoms with Gasteiger partial charge in [-0.2, -0.15) is 0 Å². The smallest absolute Gasteiger partial charge is 0.251 e. The lowest BCUT2D eigenvalue weighted by atomic mass is 9.94. The van der Waals surface area contributed by atoms with Gasteiger partial charge in [0.05, 0.1) is 0 Å². The zero-order chi connectivity index (χ0) is 13.1. The molecule has 1 fully saturated rings. The maximum Gasteiger partial charge on any atom is 0.251 e. The van der Waals surface area contributed by atoms with Gasteiger partial charge in [0.2, 0.25) is 0 Å². The molecule has 2 rings (SSSR count). The van der Waals surface area contributed by atoms with Gasteiger partial charge in [-0.15, -0.1) is 0 Å². The van der Waals surface area contributed by atoms with Crippen LogP contribution in [0.4, 0.5) is 8.78 Å². The van der Waals surface area contributed by atoms with E-state index in [9.17, 15) is 18.4 Å². The van der Waals surface area contributed by atoms with Crippen LogP contribution in [0, 0.1) is 11.6 Å². The third kappa shape index (κ3) is 2.91. The Kier molecular flexibility index (Phi) is 3.69. The quantitative estimate of drug-likeness (QED) is 0.878. The van der Waals surface area contributed by atoms with E-state index in [4.69, 9.17) is 0 Å². The van der Waals surface area contributed by atoms with E-state index >= 15 is 0 Å². The molecule has 1 aromatic carbocycles. The molecular formula is C13H13F2NO2. The summed E-state index contributed by atoms with van der Waals surface area (Å²) in [4.78, 5) is 22.8. The van der Waals surface area contributed by atoms with Crippen molar-refractivity contribution in [1.82, 2.24) is 5.32 Å². The van der Waals surface area contributed by atoms with Gasteiger partial charge in [-0.05, 0) is 31.0 Å². The number of nitrogens with one attached hydrogen (secondary N) is 1. The van der Waals surface area contributed by atoms with Crippen LogP contribution in [0.2, 0.25) is 0 Å². The van der Waals surface area contributed by atoms with Crippen LogP contribution in [0.3, 0.4) is 0 Å². The van der Waals surface area contributed by atoms with Crippen LogP contribution in [0.15, 0.2) is 18.2 Å². The zero-order valence-electron chi connectivity index (χ0n) is 9.71. The first-order valence-corrected chi connectivity index (χ1v) is 5.84. The first kappa shape index (κ1) is 12.7. The zero-order valence-corrected chi connectivity index (χ0v) is 9.71. The largest absolute Gasteiger partial charge is 0.349 e. The molecule has 18 heavy (non-hydrogen) atoms. The summed E-state index contributed by atoms with van der Waals surface area (Å²) in [5, 5.41) is 2.72. The molecule has 0 saturated heterocycles. The topological polar surface area (TPSA) is 46.2 Å². The number of carbonyl (C=O) groups is 2. The minimum atomic E-state index is -1.04. The third-order valence-electron chi connectivity index (χ3n) is 3.06. The van der Waals surface area contributed by atoms with E-state index in [1.54, 1.807) is 0 Å². The van der Waals surface area contributed by atoms with E-state index in [2.05, 4.69) is 5.32 Å². The van der Waals surface area contributed by atoms with Gasteiger partial charge in [-0.3, -0.25) is 9.59 Å². The first-order valence-electron chi connectivity index (χ1n) is 5.84. The number of rotatable bonds is 2. The fourth-order valence-corrected chi connectivity index (χ4v) is 1.99. The van der Waals surface area contributed by atoms with Gasteiger partial charge in [0.25, 0.3) is 5.91 Å². The predicted molar refractivity (Wildman–Crippen MR) is 61.1 cm³/mol. The minimum Gasteiger partial charge on any atom is -0.349 e. The molecule has 5 heteroatoms. The Labute approximate surface area is 103 Å². The molecule has 0 aliphatic heterocycles. The second-order valence-corrected chi connectivity index (χ2v) is 4.42. The number of carbonyl (C=O) groups excluding carboxylic acids is 2. The summed E-state index contributed by atoms with van der Waals surface area (Å²) in [6.07, 6.45) is 2.13. The molecule has 1 amide bonds. The van der Waals surface area contributed by atoms with Crippen molar-refractivity contribution < 1.29 is 18.4 Å². The van der Waals surface area contributed by atoms with E-state index in [1.807, 2.05) is 0 Å². The molecule has 0 spiro atoms. The first-order chi connectivity index (χ1) is 8.56. The van der Waals surface area contributed by atoms with Crippen LogP contribution in [0.5, 0.6) is 0 Å². The van der Waals surface area contributed by atoms with Gasteiger partial charge < -0.3 is 5.32 Å². The average Bonchev–Trinajstić information content (AvgIpc) is 2.35. The van der Waals surface area contributed by atoms with Crippen molar-refractivity contribution in [2.45, 2.75) is 31.7 Å². The van der Waals surface area contributed by atoms with Crippen molar-refractivity contribution in [3.63, 3.8) is 0 Å². The van der Waals surface area contributed by atoms with Crippen molar-refractivity contribution in [2.24, 2.45) is 0 Å². The van der Waals surface area contributed by atoms with Crippen LogP contribution < -0.4 is 5.32 Å². The summed E-state index contributed by atoms with van der Waals surface area (Å²) in [5.41, 5.74) is 0.0887.